The molecule has 4 rings (SSSR count). The van der Waals surface area contributed by atoms with Crippen LogP contribution in [0.3, 0.4) is 0 Å². The molecule has 1 aliphatic rings. The molecule has 7 nitrogen and oxygen atoms in total. The van der Waals surface area contributed by atoms with Crippen LogP contribution in [-0.2, 0) is 11.3 Å². The standard InChI is InChI=1S/C24H25N3O4S/c28-24(25-23(18-7-3-1-4-8-18)19-9-5-2-6-10-19)31-20-13-15-26(16-14-20)17-21-11-12-22(32-21)27(29)30/h1-12,20,23H,13-17H2,(H,25,28). The fourth-order valence-corrected chi connectivity index (χ4v) is 4.77. The normalized spacial score (nSPS) is 14.9. The molecule has 0 bridgehead atoms. The average molecular weight is 452 g/mol. The van der Waals surface area contributed by atoms with Crippen molar-refractivity contribution in [1.82, 2.24) is 10.2 Å². The van der Waals surface area contributed by atoms with Gasteiger partial charge in [0.25, 0.3) is 0 Å². The molecule has 1 aliphatic heterocycles. The molecular weight excluding hydrogens is 426 g/mol. The van der Waals surface area contributed by atoms with E-state index in [0.717, 1.165) is 41.9 Å². The molecule has 0 atom stereocenters. The van der Waals surface area contributed by atoms with Crippen LogP contribution in [0.25, 0.3) is 0 Å². The van der Waals surface area contributed by atoms with Crippen molar-refractivity contribution in [3.8, 4) is 0 Å². The van der Waals surface area contributed by atoms with Gasteiger partial charge in [0.15, 0.2) is 0 Å². The van der Waals surface area contributed by atoms with Gasteiger partial charge < -0.3 is 10.1 Å². The van der Waals surface area contributed by atoms with Gasteiger partial charge in [-0.2, -0.15) is 0 Å². The van der Waals surface area contributed by atoms with Gasteiger partial charge in [-0.15, -0.1) is 0 Å². The lowest BCUT2D eigenvalue weighted by molar-refractivity contribution is -0.380. The zero-order valence-corrected chi connectivity index (χ0v) is 18.4. The maximum Gasteiger partial charge on any atom is 0.408 e. The summed E-state index contributed by atoms with van der Waals surface area (Å²) in [7, 11) is 0. The van der Waals surface area contributed by atoms with Crippen molar-refractivity contribution in [2.45, 2.75) is 31.5 Å². The van der Waals surface area contributed by atoms with Gasteiger partial charge in [0, 0.05) is 30.6 Å². The minimum Gasteiger partial charge on any atom is -0.446 e. The number of hydrogen-bond donors (Lipinski definition) is 1. The predicted molar refractivity (Wildman–Crippen MR) is 124 cm³/mol. The Bertz CT molecular complexity index is 994. The van der Waals surface area contributed by atoms with Crippen molar-refractivity contribution < 1.29 is 14.5 Å². The number of benzene rings is 2. The summed E-state index contributed by atoms with van der Waals surface area (Å²) in [6.45, 7) is 2.25. The molecule has 0 radical (unpaired) electrons. The Labute approximate surface area is 190 Å². The van der Waals surface area contributed by atoms with E-state index in [1.165, 1.54) is 11.3 Å². The summed E-state index contributed by atoms with van der Waals surface area (Å²) in [5, 5.41) is 14.0. The number of ether oxygens (including phenoxy) is 1. The molecule has 8 heteroatoms. The molecule has 1 amide bonds. The predicted octanol–water partition coefficient (Wildman–Crippen LogP) is 5.14. The topological polar surface area (TPSA) is 84.7 Å². The number of thiophene rings is 1. The second kappa shape index (κ2) is 10.4. The van der Waals surface area contributed by atoms with Gasteiger partial charge in [-0.25, -0.2) is 4.79 Å². The second-order valence-corrected chi connectivity index (χ2v) is 8.92. The third-order valence-corrected chi connectivity index (χ3v) is 6.56. The molecule has 0 spiro atoms. The number of piperidine rings is 1. The quantitative estimate of drug-likeness (QED) is 0.397. The van der Waals surface area contributed by atoms with E-state index < -0.39 is 6.09 Å². The first-order chi connectivity index (χ1) is 15.6. The van der Waals surface area contributed by atoms with Gasteiger partial charge in [-0.1, -0.05) is 72.0 Å². The number of nitrogens with zero attached hydrogens (tertiary/aromatic N) is 2. The number of nitro groups is 1. The van der Waals surface area contributed by atoms with Crippen LogP contribution in [0, 0.1) is 10.1 Å². The summed E-state index contributed by atoms with van der Waals surface area (Å²) in [4.78, 5) is 26.4. The molecule has 1 aromatic heterocycles. The van der Waals surface area contributed by atoms with Crippen molar-refractivity contribution in [3.05, 3.63) is 98.9 Å². The lowest BCUT2D eigenvalue weighted by Gasteiger charge is -2.31. The Morgan fingerprint density at radius 1 is 1.03 bits per heavy atom. The molecule has 1 saturated heterocycles. The van der Waals surface area contributed by atoms with Crippen LogP contribution < -0.4 is 5.32 Å². The first kappa shape index (κ1) is 22.0. The van der Waals surface area contributed by atoms with Crippen LogP contribution >= 0.6 is 11.3 Å². The molecule has 0 saturated carbocycles. The summed E-state index contributed by atoms with van der Waals surface area (Å²) < 4.78 is 5.74. The monoisotopic (exact) mass is 451 g/mol. The third-order valence-electron chi connectivity index (χ3n) is 5.54. The van der Waals surface area contributed by atoms with E-state index in [1.807, 2.05) is 66.7 Å². The van der Waals surface area contributed by atoms with Gasteiger partial charge in [0.2, 0.25) is 0 Å². The zero-order valence-electron chi connectivity index (χ0n) is 17.6. The zero-order chi connectivity index (χ0) is 22.3. The Hall–Kier alpha value is -3.23. The van der Waals surface area contributed by atoms with E-state index in [1.54, 1.807) is 6.07 Å². The van der Waals surface area contributed by atoms with E-state index in [0.29, 0.717) is 6.54 Å². The van der Waals surface area contributed by atoms with Gasteiger partial charge in [-0.3, -0.25) is 15.0 Å². The molecule has 2 aromatic carbocycles. The number of amides is 1. The maximum atomic E-state index is 12.7. The minimum atomic E-state index is -0.421. The van der Waals surface area contributed by atoms with Crippen molar-refractivity contribution in [3.63, 3.8) is 0 Å². The van der Waals surface area contributed by atoms with Crippen LogP contribution in [0.15, 0.2) is 72.8 Å². The number of rotatable bonds is 7. The molecule has 0 unspecified atom stereocenters. The Morgan fingerprint density at radius 2 is 1.62 bits per heavy atom. The fourth-order valence-electron chi connectivity index (χ4n) is 3.91. The lowest BCUT2D eigenvalue weighted by Crippen LogP contribution is -2.39. The molecule has 2 heterocycles. The highest BCUT2D eigenvalue weighted by molar-refractivity contribution is 7.15. The van der Waals surface area contributed by atoms with E-state index in [9.17, 15) is 14.9 Å². The molecule has 1 fully saturated rings. The van der Waals surface area contributed by atoms with Crippen LogP contribution in [0.4, 0.5) is 9.80 Å². The van der Waals surface area contributed by atoms with Crippen LogP contribution in [-0.4, -0.2) is 35.1 Å². The largest absolute Gasteiger partial charge is 0.446 e. The fraction of sp³-hybridized carbons (Fsp3) is 0.292. The maximum absolute atomic E-state index is 12.7. The Kier molecular flexibility index (Phi) is 7.14. The highest BCUT2D eigenvalue weighted by Crippen LogP contribution is 2.27. The third kappa shape index (κ3) is 5.72. The minimum absolute atomic E-state index is 0.142. The number of carbonyl (C=O) groups excluding carboxylic acids is 1. The van der Waals surface area contributed by atoms with Crippen LogP contribution in [0.2, 0.25) is 0 Å². The van der Waals surface area contributed by atoms with Crippen molar-refractivity contribution >= 4 is 22.4 Å². The van der Waals surface area contributed by atoms with Crippen LogP contribution in [0.1, 0.15) is 34.9 Å². The summed E-state index contributed by atoms with van der Waals surface area (Å²) >= 11 is 1.21. The van der Waals surface area contributed by atoms with Crippen molar-refractivity contribution in [2.75, 3.05) is 13.1 Å². The summed E-state index contributed by atoms with van der Waals surface area (Å²) in [6, 6.07) is 22.8. The summed E-state index contributed by atoms with van der Waals surface area (Å²) in [6.07, 6.45) is 0.913. The first-order valence-electron chi connectivity index (χ1n) is 10.6. The second-order valence-electron chi connectivity index (χ2n) is 7.78. The SMILES string of the molecule is O=C(NC(c1ccccc1)c1ccccc1)OC1CCN(Cc2ccc([N+](=O)[O-])s2)CC1. The number of nitrogens with one attached hydrogen (secondary N) is 1. The lowest BCUT2D eigenvalue weighted by atomic mass is 9.99. The first-order valence-corrected chi connectivity index (χ1v) is 11.4. The highest BCUT2D eigenvalue weighted by Gasteiger charge is 2.25. The van der Waals surface area contributed by atoms with Crippen molar-refractivity contribution in [2.24, 2.45) is 0 Å². The van der Waals surface area contributed by atoms with E-state index in [4.69, 9.17) is 4.74 Å². The number of likely N-dealkylation sites (tertiary alicyclic amines) is 1. The molecule has 3 aromatic rings. The van der Waals surface area contributed by atoms with Gasteiger partial charge in [-0.05, 0) is 30.0 Å². The van der Waals surface area contributed by atoms with Crippen LogP contribution in [0.5, 0.6) is 0 Å². The highest BCUT2D eigenvalue weighted by atomic mass is 32.1. The van der Waals surface area contributed by atoms with Crippen molar-refractivity contribution in [1.29, 1.82) is 0 Å². The van der Waals surface area contributed by atoms with Gasteiger partial charge in [0.1, 0.15) is 6.10 Å². The summed E-state index contributed by atoms with van der Waals surface area (Å²) in [5.41, 5.74) is 1.99. The summed E-state index contributed by atoms with van der Waals surface area (Å²) in [5.74, 6) is 0. The number of hydrogen-bond acceptors (Lipinski definition) is 6. The molecule has 32 heavy (non-hydrogen) atoms. The average Bonchev–Trinajstić information content (AvgIpc) is 3.29. The smallest absolute Gasteiger partial charge is 0.408 e. The molecule has 166 valence electrons. The van der Waals surface area contributed by atoms with E-state index in [-0.39, 0.29) is 22.1 Å². The number of alkyl carbamates (subject to hydrolysis) is 1. The Balaban J connectivity index is 1.30. The van der Waals surface area contributed by atoms with Gasteiger partial charge in [0.05, 0.1) is 11.0 Å². The molecule has 0 aliphatic carbocycles. The Morgan fingerprint density at radius 3 is 2.16 bits per heavy atom. The van der Waals surface area contributed by atoms with Gasteiger partial charge >= 0.3 is 11.1 Å². The number of carbonyl (C=O) groups is 1. The molecular formula is C24H25N3O4S. The molecule has 1 N–H and O–H groups in total. The van der Waals surface area contributed by atoms with E-state index >= 15 is 0 Å². The van der Waals surface area contributed by atoms with E-state index in [2.05, 4.69) is 10.2 Å².